The van der Waals surface area contributed by atoms with Crippen molar-refractivity contribution < 1.29 is 40.7 Å². The summed E-state index contributed by atoms with van der Waals surface area (Å²) >= 11 is 0. The summed E-state index contributed by atoms with van der Waals surface area (Å²) in [6.45, 7) is 4.99. The first-order chi connectivity index (χ1) is 29.2. The number of aliphatic carboxylic acids is 1. The number of benzene rings is 4. The zero-order chi connectivity index (χ0) is 42.8. The number of piperidine rings is 1. The smallest absolute Gasteiger partial charge is 0.387 e. The second-order valence-electron chi connectivity index (χ2n) is 16.7. The summed E-state index contributed by atoms with van der Waals surface area (Å²) < 4.78 is 70.1. The molecular formula is C45H44F2N6O7S. The van der Waals surface area contributed by atoms with Crippen molar-refractivity contribution >= 4 is 38.2 Å². The predicted molar refractivity (Wildman–Crippen MR) is 223 cm³/mol. The van der Waals surface area contributed by atoms with E-state index in [1.807, 2.05) is 62.4 Å². The fraction of sp³-hybridized carbons (Fsp3) is 0.378. The van der Waals surface area contributed by atoms with Crippen LogP contribution in [-0.4, -0.2) is 95.2 Å². The molecule has 0 radical (unpaired) electrons. The lowest BCUT2D eigenvalue weighted by Gasteiger charge is -2.53. The molecule has 0 aliphatic carbocycles. The molecule has 16 heteroatoms. The number of hydrogen-bond donors (Lipinski definition) is 1. The van der Waals surface area contributed by atoms with Gasteiger partial charge in [0.25, 0.3) is 0 Å². The lowest BCUT2D eigenvalue weighted by Crippen LogP contribution is -2.60. The standard InChI is InChI=1S/C45H44F2N6O7S/c1-26-31(7-4-9-33(26)41-49-35-19-30(23-52-14-6-11-37(52)43(54)55)38(59-44(46)47)20-39(35)58-41)32-8-5-10-34(27(32)2)42-50-36-18-28(17-29(21-48)40(36)60-42)22-51-24-45(25-51)12-15-53(16-13-45)61(3,56)57/h4-5,7-10,17-20,37,44H,6,11-16,22-25H2,1-3H3,(H,54,55)/t37-/m0/s1. The summed E-state index contributed by atoms with van der Waals surface area (Å²) in [6, 6.07) is 20.1. The zero-order valence-electron chi connectivity index (χ0n) is 34.0. The van der Waals surface area contributed by atoms with E-state index in [1.54, 1.807) is 15.3 Å². The van der Waals surface area contributed by atoms with Crippen molar-refractivity contribution in [2.45, 2.75) is 65.3 Å². The van der Waals surface area contributed by atoms with Crippen LogP contribution < -0.4 is 4.74 Å². The van der Waals surface area contributed by atoms with Crippen LogP contribution in [-0.2, 0) is 27.9 Å². The molecule has 6 aromatic rings. The molecule has 0 bridgehead atoms. The monoisotopic (exact) mass is 850 g/mol. The SMILES string of the molecule is Cc1c(-c2nc3cc(CN4CCC[C@H]4C(=O)O)c(OC(F)F)cc3o2)cccc1-c1cccc(-c2nc3cc(CN4CC5(CCN(S(C)(=O)=O)CC5)C4)cc(C#N)c3o2)c1C. The number of carboxylic acid groups (broad SMARTS) is 1. The molecule has 1 spiro atoms. The van der Waals surface area contributed by atoms with Gasteiger partial charge >= 0.3 is 12.6 Å². The predicted octanol–water partition coefficient (Wildman–Crippen LogP) is 7.97. The Balaban J connectivity index is 0.977. The third-order valence-corrected chi connectivity index (χ3v) is 14.0. The van der Waals surface area contributed by atoms with Crippen LogP contribution in [0.2, 0.25) is 0 Å². The number of nitriles is 1. The lowest BCUT2D eigenvalue weighted by molar-refractivity contribution is -0.142. The maximum absolute atomic E-state index is 13.5. The number of aromatic nitrogens is 2. The number of fused-ring (bicyclic) bond motifs is 2. The van der Waals surface area contributed by atoms with Crippen molar-refractivity contribution in [1.29, 1.82) is 5.26 Å². The molecule has 3 aliphatic heterocycles. The topological polar surface area (TPSA) is 166 Å². The molecular weight excluding hydrogens is 807 g/mol. The van der Waals surface area contributed by atoms with Gasteiger partial charge in [-0.05, 0) is 110 Å². The summed E-state index contributed by atoms with van der Waals surface area (Å²) in [5.41, 5.74) is 8.61. The second kappa shape index (κ2) is 15.6. The number of likely N-dealkylation sites (tertiary alicyclic amines) is 2. The van der Waals surface area contributed by atoms with E-state index in [-0.39, 0.29) is 29.2 Å². The fourth-order valence-corrected chi connectivity index (χ4v) is 10.4. The fourth-order valence-electron chi connectivity index (χ4n) is 9.54. The van der Waals surface area contributed by atoms with Crippen LogP contribution in [0.5, 0.6) is 5.75 Å². The minimum atomic E-state index is -3.18. The number of halogens is 2. The lowest BCUT2D eigenvalue weighted by atomic mass is 9.72. The molecule has 1 N–H and O–H groups in total. The van der Waals surface area contributed by atoms with E-state index in [2.05, 4.69) is 11.0 Å². The highest BCUT2D eigenvalue weighted by molar-refractivity contribution is 7.88. The first kappa shape index (κ1) is 40.7. The summed E-state index contributed by atoms with van der Waals surface area (Å²) in [5.74, 6) is -0.368. The van der Waals surface area contributed by atoms with Crippen LogP contribution in [0.3, 0.4) is 0 Å². The maximum atomic E-state index is 13.5. The van der Waals surface area contributed by atoms with E-state index in [1.165, 1.54) is 12.3 Å². The number of carbonyl (C=O) groups is 1. The van der Waals surface area contributed by atoms with Crippen molar-refractivity contribution in [1.82, 2.24) is 24.1 Å². The Hall–Kier alpha value is -5.73. The molecule has 9 rings (SSSR count). The Labute approximate surface area is 351 Å². The number of carboxylic acids is 1. The summed E-state index contributed by atoms with van der Waals surface area (Å²) in [5, 5.41) is 19.8. The average molecular weight is 851 g/mol. The van der Waals surface area contributed by atoms with Gasteiger partial charge in [-0.25, -0.2) is 22.7 Å². The van der Waals surface area contributed by atoms with E-state index in [9.17, 15) is 32.4 Å². The molecule has 0 amide bonds. The highest BCUT2D eigenvalue weighted by Gasteiger charge is 2.45. The summed E-state index contributed by atoms with van der Waals surface area (Å²) in [6.07, 6.45) is 4.11. The Bertz CT molecular complexity index is 2850. The van der Waals surface area contributed by atoms with Crippen LogP contribution >= 0.6 is 0 Å². The van der Waals surface area contributed by atoms with Crippen LogP contribution in [0.1, 0.15) is 53.5 Å². The molecule has 5 heterocycles. The molecule has 61 heavy (non-hydrogen) atoms. The van der Waals surface area contributed by atoms with Gasteiger partial charge in [-0.1, -0.05) is 24.3 Å². The third-order valence-electron chi connectivity index (χ3n) is 12.7. The summed E-state index contributed by atoms with van der Waals surface area (Å²) in [4.78, 5) is 25.6. The molecule has 3 saturated heterocycles. The molecule has 0 saturated carbocycles. The maximum Gasteiger partial charge on any atom is 0.387 e. The average Bonchev–Trinajstić information content (AvgIpc) is 3.96. The number of nitrogens with zero attached hydrogens (tertiary/aromatic N) is 6. The minimum absolute atomic E-state index is 0.0912. The van der Waals surface area contributed by atoms with Crippen LogP contribution in [0.4, 0.5) is 8.78 Å². The molecule has 3 fully saturated rings. The normalized spacial score (nSPS) is 18.6. The minimum Gasteiger partial charge on any atom is -0.480 e. The Morgan fingerprint density at radius 3 is 2.20 bits per heavy atom. The van der Waals surface area contributed by atoms with Gasteiger partial charge in [-0.15, -0.1) is 0 Å². The first-order valence-corrected chi connectivity index (χ1v) is 22.1. The van der Waals surface area contributed by atoms with Crippen molar-refractivity contribution in [2.75, 3.05) is 39.0 Å². The van der Waals surface area contributed by atoms with Gasteiger partial charge in [0.2, 0.25) is 21.8 Å². The molecule has 0 unspecified atom stereocenters. The Kier molecular flexibility index (Phi) is 10.4. The Morgan fingerprint density at radius 1 is 0.934 bits per heavy atom. The number of ether oxygens (including phenoxy) is 1. The molecule has 3 aliphatic rings. The van der Waals surface area contributed by atoms with E-state index in [0.29, 0.717) is 78.2 Å². The molecule has 13 nitrogen and oxygen atoms in total. The molecule has 316 valence electrons. The van der Waals surface area contributed by atoms with Gasteiger partial charge in [0.1, 0.15) is 28.9 Å². The number of rotatable bonds is 11. The van der Waals surface area contributed by atoms with Crippen molar-refractivity contribution in [3.8, 4) is 45.9 Å². The van der Waals surface area contributed by atoms with Gasteiger partial charge in [0, 0.05) is 62.0 Å². The van der Waals surface area contributed by atoms with Gasteiger partial charge < -0.3 is 18.7 Å². The number of sulfonamides is 1. The first-order valence-electron chi connectivity index (χ1n) is 20.3. The van der Waals surface area contributed by atoms with Crippen molar-refractivity contribution in [3.63, 3.8) is 0 Å². The molecule has 1 atom stereocenters. The van der Waals surface area contributed by atoms with Crippen molar-refractivity contribution in [3.05, 3.63) is 88.5 Å². The van der Waals surface area contributed by atoms with Crippen LogP contribution in [0.15, 0.2) is 69.5 Å². The van der Waals surface area contributed by atoms with Gasteiger partial charge in [-0.2, -0.15) is 14.0 Å². The van der Waals surface area contributed by atoms with Gasteiger partial charge in [0.15, 0.2) is 11.2 Å². The third kappa shape index (κ3) is 7.76. The highest BCUT2D eigenvalue weighted by Crippen LogP contribution is 2.43. The van der Waals surface area contributed by atoms with Crippen molar-refractivity contribution in [2.24, 2.45) is 5.41 Å². The quantitative estimate of drug-likeness (QED) is 0.134. The van der Waals surface area contributed by atoms with E-state index >= 15 is 0 Å². The molecule has 2 aromatic heterocycles. The number of hydrogen-bond acceptors (Lipinski definition) is 11. The van der Waals surface area contributed by atoms with Crippen LogP contribution in [0.25, 0.3) is 56.2 Å². The van der Waals surface area contributed by atoms with Crippen LogP contribution in [0, 0.1) is 30.6 Å². The summed E-state index contributed by atoms with van der Waals surface area (Å²) in [7, 11) is -3.18. The second-order valence-corrected chi connectivity index (χ2v) is 18.7. The van der Waals surface area contributed by atoms with E-state index in [4.69, 9.17) is 23.5 Å². The molecule has 4 aromatic carbocycles. The van der Waals surface area contributed by atoms with Gasteiger partial charge in [0.05, 0.1) is 11.8 Å². The Morgan fingerprint density at radius 2 is 1.57 bits per heavy atom. The number of oxazole rings is 2. The van der Waals surface area contributed by atoms with E-state index in [0.717, 1.165) is 59.3 Å². The highest BCUT2D eigenvalue weighted by atomic mass is 32.2. The zero-order valence-corrected chi connectivity index (χ0v) is 34.8. The van der Waals surface area contributed by atoms with Gasteiger partial charge in [-0.3, -0.25) is 14.6 Å². The largest absolute Gasteiger partial charge is 0.480 e. The van der Waals surface area contributed by atoms with E-state index < -0.39 is 28.6 Å². The number of alkyl halides is 2.